The van der Waals surface area contributed by atoms with Gasteiger partial charge in [-0.05, 0) is 12.1 Å². The van der Waals surface area contributed by atoms with Gasteiger partial charge in [0.2, 0.25) is 5.89 Å². The standard InChI is InChI=1S/C8H6N2O.C2H2N2O/c1-2-4-9-7(3-1)8-10-5-6-11-8;1-2-5-4-3-1/h1-6H;1-2H. The summed E-state index contributed by atoms with van der Waals surface area (Å²) in [4.78, 5) is 8.02. The van der Waals surface area contributed by atoms with Gasteiger partial charge in [0.25, 0.3) is 0 Å². The van der Waals surface area contributed by atoms with Gasteiger partial charge in [0.15, 0.2) is 0 Å². The van der Waals surface area contributed by atoms with Crippen molar-refractivity contribution in [3.8, 4) is 11.6 Å². The Bertz CT molecular complexity index is 462. The van der Waals surface area contributed by atoms with Crippen LogP contribution in [0.15, 0.2) is 58.3 Å². The number of oxazole rings is 1. The maximum Gasteiger partial charge on any atom is 0.244 e. The van der Waals surface area contributed by atoms with Gasteiger partial charge in [-0.25, -0.2) is 4.98 Å². The molecule has 3 rings (SSSR count). The van der Waals surface area contributed by atoms with Crippen molar-refractivity contribution < 1.29 is 8.94 Å². The van der Waals surface area contributed by atoms with Crippen LogP contribution in [0, 0.1) is 0 Å². The van der Waals surface area contributed by atoms with Gasteiger partial charge in [-0.15, -0.1) is 5.10 Å². The number of nitrogens with zero attached hydrogens (tertiary/aromatic N) is 4. The summed E-state index contributed by atoms with van der Waals surface area (Å²) in [5.74, 6) is 0.561. The molecule has 0 saturated heterocycles. The Morgan fingerprint density at radius 2 is 1.94 bits per heavy atom. The van der Waals surface area contributed by atoms with Crippen molar-refractivity contribution in [2.24, 2.45) is 0 Å². The molecule has 0 aliphatic rings. The lowest BCUT2D eigenvalue weighted by Crippen LogP contribution is -1.79. The minimum absolute atomic E-state index is 0.561. The summed E-state index contributed by atoms with van der Waals surface area (Å²) in [5, 5.41) is 6.40. The lowest BCUT2D eigenvalue weighted by atomic mass is 10.3. The highest BCUT2D eigenvalue weighted by Crippen LogP contribution is 2.11. The van der Waals surface area contributed by atoms with Gasteiger partial charge in [0.05, 0.1) is 12.4 Å². The van der Waals surface area contributed by atoms with E-state index in [1.165, 1.54) is 18.7 Å². The molecule has 0 aliphatic heterocycles. The second-order valence-electron chi connectivity index (χ2n) is 2.64. The minimum atomic E-state index is 0.561. The smallest absolute Gasteiger partial charge is 0.244 e. The molecule has 0 amide bonds. The maximum absolute atomic E-state index is 5.05. The Hall–Kier alpha value is -2.50. The number of rotatable bonds is 1. The molecule has 0 saturated carbocycles. The predicted octanol–water partition coefficient (Wildman–Crippen LogP) is 1.81. The molecule has 0 spiro atoms. The van der Waals surface area contributed by atoms with Crippen LogP contribution in [-0.4, -0.2) is 20.3 Å². The van der Waals surface area contributed by atoms with E-state index in [1.807, 2.05) is 18.2 Å². The van der Waals surface area contributed by atoms with Crippen LogP contribution in [-0.2, 0) is 0 Å². The van der Waals surface area contributed by atoms with Crippen LogP contribution in [0.4, 0.5) is 0 Å². The summed E-state index contributed by atoms with van der Waals surface area (Å²) < 4.78 is 9.27. The van der Waals surface area contributed by atoms with Gasteiger partial charge in [-0.3, -0.25) is 4.98 Å². The lowest BCUT2D eigenvalue weighted by Gasteiger charge is -1.90. The molecule has 3 heterocycles. The zero-order chi connectivity index (χ0) is 11.1. The van der Waals surface area contributed by atoms with Crippen molar-refractivity contribution >= 4 is 0 Å². The van der Waals surface area contributed by atoms with Gasteiger partial charge < -0.3 is 8.94 Å². The average Bonchev–Trinajstić information content (AvgIpc) is 3.07. The summed E-state index contributed by atoms with van der Waals surface area (Å²) in [7, 11) is 0. The van der Waals surface area contributed by atoms with E-state index in [9.17, 15) is 0 Å². The number of pyridine rings is 1. The van der Waals surface area contributed by atoms with Gasteiger partial charge in [-0.2, -0.15) is 0 Å². The molecule has 3 aromatic heterocycles. The highest BCUT2D eigenvalue weighted by atomic mass is 16.5. The molecule has 0 radical (unpaired) electrons. The van der Waals surface area contributed by atoms with E-state index in [4.69, 9.17) is 4.42 Å². The zero-order valence-corrected chi connectivity index (χ0v) is 8.22. The molecule has 0 bridgehead atoms. The first-order chi connectivity index (χ1) is 7.97. The van der Waals surface area contributed by atoms with E-state index < -0.39 is 0 Å². The molecule has 6 nitrogen and oxygen atoms in total. The maximum atomic E-state index is 5.05. The van der Waals surface area contributed by atoms with Crippen LogP contribution in [0.2, 0.25) is 0 Å². The average molecular weight is 216 g/mol. The normalized spacial score (nSPS) is 9.25. The lowest BCUT2D eigenvalue weighted by molar-refractivity contribution is 0.393. The Kier molecular flexibility index (Phi) is 3.38. The molecule has 0 atom stereocenters. The Morgan fingerprint density at radius 3 is 2.44 bits per heavy atom. The van der Waals surface area contributed by atoms with E-state index >= 15 is 0 Å². The highest BCUT2D eigenvalue weighted by Gasteiger charge is 1.99. The summed E-state index contributed by atoms with van der Waals surface area (Å²) in [6.07, 6.45) is 7.72. The van der Waals surface area contributed by atoms with E-state index in [2.05, 4.69) is 24.9 Å². The van der Waals surface area contributed by atoms with Crippen molar-refractivity contribution in [3.05, 3.63) is 49.3 Å². The highest BCUT2D eigenvalue weighted by molar-refractivity contribution is 5.45. The van der Waals surface area contributed by atoms with E-state index in [-0.39, 0.29) is 0 Å². The van der Waals surface area contributed by atoms with Crippen LogP contribution in [0.1, 0.15) is 0 Å². The van der Waals surface area contributed by atoms with Gasteiger partial charge in [-0.1, -0.05) is 6.07 Å². The molecule has 0 aliphatic carbocycles. The molecule has 3 aromatic rings. The Balaban J connectivity index is 0.000000162. The van der Waals surface area contributed by atoms with Crippen molar-refractivity contribution in [2.45, 2.75) is 0 Å². The fraction of sp³-hybridized carbons (Fsp3) is 0. The third kappa shape index (κ3) is 2.74. The predicted molar refractivity (Wildman–Crippen MR) is 54.0 cm³/mol. The van der Waals surface area contributed by atoms with Crippen LogP contribution < -0.4 is 0 Å². The molecule has 0 fully saturated rings. The third-order valence-electron chi connectivity index (χ3n) is 1.60. The number of hydrogen-bond acceptors (Lipinski definition) is 6. The molecule has 0 aromatic carbocycles. The van der Waals surface area contributed by atoms with Crippen molar-refractivity contribution in [1.29, 1.82) is 0 Å². The van der Waals surface area contributed by atoms with Gasteiger partial charge >= 0.3 is 0 Å². The van der Waals surface area contributed by atoms with Crippen LogP contribution in [0.25, 0.3) is 11.6 Å². The quantitative estimate of drug-likeness (QED) is 0.617. The molecule has 0 N–H and O–H groups in total. The number of hydrogen-bond donors (Lipinski definition) is 0. The Labute approximate surface area is 90.9 Å². The summed E-state index contributed by atoms with van der Waals surface area (Å²) >= 11 is 0. The monoisotopic (exact) mass is 216 g/mol. The molecular weight excluding hydrogens is 208 g/mol. The molecule has 80 valence electrons. The fourth-order valence-electron chi connectivity index (χ4n) is 0.975. The molecule has 6 heteroatoms. The van der Waals surface area contributed by atoms with Crippen LogP contribution in [0.5, 0.6) is 0 Å². The van der Waals surface area contributed by atoms with E-state index in [0.29, 0.717) is 5.89 Å². The van der Waals surface area contributed by atoms with Crippen LogP contribution >= 0.6 is 0 Å². The van der Waals surface area contributed by atoms with E-state index in [1.54, 1.807) is 12.4 Å². The molecule has 0 unspecified atom stereocenters. The topological polar surface area (TPSA) is 77.8 Å². The minimum Gasteiger partial charge on any atom is -0.443 e. The largest absolute Gasteiger partial charge is 0.443 e. The summed E-state index contributed by atoms with van der Waals surface area (Å²) in [5.41, 5.74) is 0.762. The molecular formula is C10H8N4O2. The third-order valence-corrected chi connectivity index (χ3v) is 1.60. The zero-order valence-electron chi connectivity index (χ0n) is 8.22. The van der Waals surface area contributed by atoms with Crippen molar-refractivity contribution in [3.63, 3.8) is 0 Å². The molecule has 16 heavy (non-hydrogen) atoms. The van der Waals surface area contributed by atoms with Crippen LogP contribution in [0.3, 0.4) is 0 Å². The summed E-state index contributed by atoms with van der Waals surface area (Å²) in [6.45, 7) is 0. The SMILES string of the molecule is c1ccc(-c2ncco2)nc1.c1conn1. The second-order valence-corrected chi connectivity index (χ2v) is 2.64. The Morgan fingerprint density at radius 1 is 0.938 bits per heavy atom. The van der Waals surface area contributed by atoms with E-state index in [0.717, 1.165) is 5.69 Å². The summed E-state index contributed by atoms with van der Waals surface area (Å²) in [6, 6.07) is 5.60. The first-order valence-corrected chi connectivity index (χ1v) is 4.49. The van der Waals surface area contributed by atoms with Gasteiger partial charge in [0, 0.05) is 11.5 Å². The number of aromatic nitrogens is 4. The van der Waals surface area contributed by atoms with Crippen molar-refractivity contribution in [2.75, 3.05) is 0 Å². The first kappa shape index (κ1) is 10.0. The first-order valence-electron chi connectivity index (χ1n) is 4.49. The van der Waals surface area contributed by atoms with Crippen molar-refractivity contribution in [1.82, 2.24) is 20.3 Å². The fourth-order valence-corrected chi connectivity index (χ4v) is 0.975. The second kappa shape index (κ2) is 5.40. The van der Waals surface area contributed by atoms with Gasteiger partial charge in [0.1, 0.15) is 18.2 Å².